The molecule has 128 valence electrons. The second-order valence-electron chi connectivity index (χ2n) is 7.10. The molecule has 1 aliphatic rings. The summed E-state index contributed by atoms with van der Waals surface area (Å²) in [5.74, 6) is 0. The predicted octanol–water partition coefficient (Wildman–Crippen LogP) is 6.67. The summed E-state index contributed by atoms with van der Waals surface area (Å²) < 4.78 is 0. The van der Waals surface area contributed by atoms with E-state index in [2.05, 4.69) is 74.4 Å². The molecule has 2 heteroatoms. The van der Waals surface area contributed by atoms with Gasteiger partial charge in [0.05, 0.1) is 0 Å². The Kier molecular flexibility index (Phi) is 6.09. The second kappa shape index (κ2) is 8.28. The molecular formula is C22H30NP. The van der Waals surface area contributed by atoms with Crippen LogP contribution in [0.15, 0.2) is 48.5 Å². The van der Waals surface area contributed by atoms with Crippen LogP contribution in [0.5, 0.6) is 0 Å². The fourth-order valence-corrected chi connectivity index (χ4v) is 6.78. The second-order valence-corrected chi connectivity index (χ2v) is 9.48. The van der Waals surface area contributed by atoms with E-state index in [0.717, 1.165) is 6.54 Å². The van der Waals surface area contributed by atoms with Gasteiger partial charge in [0.15, 0.2) is 0 Å². The molecule has 0 radical (unpaired) electrons. The van der Waals surface area contributed by atoms with Crippen molar-refractivity contribution in [3.63, 3.8) is 0 Å². The zero-order valence-electron chi connectivity index (χ0n) is 15.3. The van der Waals surface area contributed by atoms with Crippen molar-refractivity contribution >= 4 is 8.07 Å². The van der Waals surface area contributed by atoms with Crippen molar-refractivity contribution in [1.29, 1.82) is 0 Å². The molecule has 1 fully saturated rings. The van der Waals surface area contributed by atoms with Crippen LogP contribution in [-0.4, -0.2) is 6.54 Å². The zero-order valence-corrected chi connectivity index (χ0v) is 16.2. The Morgan fingerprint density at radius 1 is 0.833 bits per heavy atom. The van der Waals surface area contributed by atoms with Crippen LogP contribution in [-0.2, 0) is 0 Å². The van der Waals surface area contributed by atoms with E-state index in [9.17, 15) is 0 Å². The van der Waals surface area contributed by atoms with Crippen molar-refractivity contribution in [2.75, 3.05) is 6.54 Å². The molecule has 3 rings (SSSR count). The van der Waals surface area contributed by atoms with Crippen molar-refractivity contribution in [2.24, 2.45) is 0 Å². The number of rotatable bonds is 6. The number of unbranched alkanes of at least 4 members (excludes halogenated alkanes) is 1. The smallest absolute Gasteiger partial charge is 0.0178 e. The molecule has 1 nitrogen and oxygen atoms in total. The van der Waals surface area contributed by atoms with Gasteiger partial charge < -0.3 is 0 Å². The maximum atomic E-state index is 3.97. The first-order valence-corrected chi connectivity index (χ1v) is 10.8. The van der Waals surface area contributed by atoms with E-state index in [0.29, 0.717) is 11.3 Å². The van der Waals surface area contributed by atoms with Crippen molar-refractivity contribution in [2.45, 2.75) is 57.8 Å². The monoisotopic (exact) mass is 339 g/mol. The molecule has 2 atom stereocenters. The van der Waals surface area contributed by atoms with Crippen LogP contribution >= 0.6 is 8.07 Å². The minimum Gasteiger partial charge on any atom is -0.295 e. The summed E-state index contributed by atoms with van der Waals surface area (Å²) in [5, 5.41) is 3.97. The highest BCUT2D eigenvalue weighted by Crippen LogP contribution is 2.67. The van der Waals surface area contributed by atoms with Crippen LogP contribution in [0.4, 0.5) is 0 Å². The average Bonchev–Trinajstić information content (AvgIpc) is 3.00. The third-order valence-corrected chi connectivity index (χ3v) is 8.18. The maximum Gasteiger partial charge on any atom is 0.0178 e. The van der Waals surface area contributed by atoms with Gasteiger partial charge in [0, 0.05) is 11.3 Å². The largest absolute Gasteiger partial charge is 0.295 e. The molecule has 1 saturated heterocycles. The van der Waals surface area contributed by atoms with Gasteiger partial charge in [0.25, 0.3) is 0 Å². The summed E-state index contributed by atoms with van der Waals surface area (Å²) in [6, 6.07) is 18.5. The molecule has 0 spiro atoms. The topological polar surface area (TPSA) is 12.0 Å². The molecule has 2 unspecified atom stereocenters. The normalized spacial score (nSPS) is 23.5. The molecule has 0 amide bonds. The minimum atomic E-state index is -0.205. The van der Waals surface area contributed by atoms with E-state index >= 15 is 0 Å². The van der Waals surface area contributed by atoms with Gasteiger partial charge in [-0.15, -0.1) is 0 Å². The van der Waals surface area contributed by atoms with Gasteiger partial charge in [0.2, 0.25) is 0 Å². The highest BCUT2D eigenvalue weighted by molar-refractivity contribution is 7.56. The number of hydrogen-bond donors (Lipinski definition) is 1. The Morgan fingerprint density at radius 2 is 1.29 bits per heavy atom. The number of aryl methyl sites for hydroxylation is 2. The highest BCUT2D eigenvalue weighted by Gasteiger charge is 2.37. The fourth-order valence-electron chi connectivity index (χ4n) is 3.65. The van der Waals surface area contributed by atoms with Gasteiger partial charge in [-0.25, -0.2) is 0 Å². The van der Waals surface area contributed by atoms with E-state index in [4.69, 9.17) is 0 Å². The van der Waals surface area contributed by atoms with Crippen LogP contribution in [0, 0.1) is 13.8 Å². The van der Waals surface area contributed by atoms with Crippen LogP contribution in [0.1, 0.15) is 66.2 Å². The molecule has 0 saturated carbocycles. The minimum absolute atomic E-state index is 0.205. The Morgan fingerprint density at radius 3 is 1.71 bits per heavy atom. The van der Waals surface area contributed by atoms with Crippen LogP contribution < -0.4 is 5.09 Å². The quantitative estimate of drug-likeness (QED) is 0.458. The molecule has 0 aliphatic carbocycles. The summed E-state index contributed by atoms with van der Waals surface area (Å²) in [4.78, 5) is 0. The number of nitrogens with one attached hydrogen (secondary N) is 1. The molecule has 24 heavy (non-hydrogen) atoms. The van der Waals surface area contributed by atoms with Gasteiger partial charge in [-0.2, -0.15) is 0 Å². The molecule has 2 aromatic carbocycles. The standard InChI is InChI=1S/C22H30NP/c1-4-5-16-23-24-21(19-10-6-17(2)7-11-19)14-15-22(24)20-12-8-18(3)9-13-20/h6-13,21-23H,4-5,14-16H2,1-3H3. The molecule has 1 N–H and O–H groups in total. The highest BCUT2D eigenvalue weighted by atomic mass is 31.1. The third-order valence-electron chi connectivity index (χ3n) is 5.13. The van der Waals surface area contributed by atoms with E-state index in [1.165, 1.54) is 47.9 Å². The van der Waals surface area contributed by atoms with Gasteiger partial charge >= 0.3 is 0 Å². The first kappa shape index (κ1) is 17.6. The van der Waals surface area contributed by atoms with E-state index in [1.54, 1.807) is 0 Å². The maximum absolute atomic E-state index is 3.97. The van der Waals surface area contributed by atoms with Crippen molar-refractivity contribution in [3.05, 3.63) is 70.8 Å². The van der Waals surface area contributed by atoms with Gasteiger partial charge in [-0.05, 0) is 58.9 Å². The molecule has 2 aromatic rings. The van der Waals surface area contributed by atoms with Crippen LogP contribution in [0.25, 0.3) is 0 Å². The molecule has 0 aromatic heterocycles. The summed E-state index contributed by atoms with van der Waals surface area (Å²) >= 11 is 0. The number of hydrogen-bond acceptors (Lipinski definition) is 1. The average molecular weight is 339 g/mol. The van der Waals surface area contributed by atoms with E-state index in [-0.39, 0.29) is 8.07 Å². The van der Waals surface area contributed by atoms with Crippen LogP contribution in [0.3, 0.4) is 0 Å². The first-order valence-electron chi connectivity index (χ1n) is 9.34. The van der Waals surface area contributed by atoms with Crippen LogP contribution in [0.2, 0.25) is 0 Å². The van der Waals surface area contributed by atoms with Gasteiger partial charge in [-0.3, -0.25) is 5.09 Å². The summed E-state index contributed by atoms with van der Waals surface area (Å²) in [6.07, 6.45) is 5.17. The van der Waals surface area contributed by atoms with Gasteiger partial charge in [-0.1, -0.05) is 73.0 Å². The molecule has 1 heterocycles. The Balaban J connectivity index is 1.83. The summed E-state index contributed by atoms with van der Waals surface area (Å²) in [5.41, 5.74) is 7.17. The van der Waals surface area contributed by atoms with Crippen molar-refractivity contribution < 1.29 is 0 Å². The predicted molar refractivity (Wildman–Crippen MR) is 107 cm³/mol. The Labute approximate surface area is 148 Å². The third kappa shape index (κ3) is 4.08. The lowest BCUT2D eigenvalue weighted by Crippen LogP contribution is -2.13. The van der Waals surface area contributed by atoms with E-state index < -0.39 is 0 Å². The van der Waals surface area contributed by atoms with E-state index in [1.807, 2.05) is 0 Å². The lowest BCUT2D eigenvalue weighted by atomic mass is 10.0. The molecule has 1 aliphatic heterocycles. The fraction of sp³-hybridized carbons (Fsp3) is 0.455. The SMILES string of the molecule is CCCCNP1C(c2ccc(C)cc2)CCC1c1ccc(C)cc1. The lowest BCUT2D eigenvalue weighted by Gasteiger charge is -2.27. The van der Waals surface area contributed by atoms with Crippen molar-refractivity contribution in [1.82, 2.24) is 5.09 Å². The first-order chi connectivity index (χ1) is 11.7. The lowest BCUT2D eigenvalue weighted by molar-refractivity contribution is 0.764. The summed E-state index contributed by atoms with van der Waals surface area (Å²) in [7, 11) is -0.205. The zero-order chi connectivity index (χ0) is 16.9. The Hall–Kier alpha value is -1.17. The molecule has 0 bridgehead atoms. The van der Waals surface area contributed by atoms with Crippen molar-refractivity contribution in [3.8, 4) is 0 Å². The Bertz CT molecular complexity index is 579. The molecular weight excluding hydrogens is 309 g/mol. The number of benzene rings is 2. The summed E-state index contributed by atoms with van der Waals surface area (Å²) in [6.45, 7) is 7.79. The van der Waals surface area contributed by atoms with Gasteiger partial charge in [0.1, 0.15) is 0 Å².